The molecule has 0 amide bonds. The second kappa shape index (κ2) is 8.88. The van der Waals surface area contributed by atoms with E-state index in [-0.39, 0.29) is 12.1 Å². The lowest BCUT2D eigenvalue weighted by Crippen LogP contribution is -2.39. The molecule has 4 heteroatoms. The van der Waals surface area contributed by atoms with Gasteiger partial charge in [0.2, 0.25) is 0 Å². The molecule has 2 aromatic rings. The van der Waals surface area contributed by atoms with E-state index in [4.69, 9.17) is 14.2 Å². The Kier molecular flexibility index (Phi) is 6.19. The van der Waals surface area contributed by atoms with Crippen LogP contribution in [0.25, 0.3) is 5.57 Å². The van der Waals surface area contributed by atoms with Crippen molar-refractivity contribution in [2.45, 2.75) is 71.7 Å². The molecule has 2 aromatic carbocycles. The maximum atomic E-state index is 13.1. The summed E-state index contributed by atoms with van der Waals surface area (Å²) in [5.74, 6) is 0.457. The van der Waals surface area contributed by atoms with E-state index in [0.717, 1.165) is 48.1 Å². The van der Waals surface area contributed by atoms with Gasteiger partial charge in [0.05, 0.1) is 19.3 Å². The standard InChI is InChI=1S/C27H32O4/c1-5-29-25-24(23-19(3)15-18(2)16-20(23)4)26(28)31-27(25)13-11-22(12-14-27)30-17-21-9-7-6-8-10-21/h6-10,15-16,22H,5,11-14,17H2,1-4H3/t22-,27+. The molecule has 0 N–H and O–H groups in total. The summed E-state index contributed by atoms with van der Waals surface area (Å²) in [5.41, 5.74) is 5.43. The van der Waals surface area contributed by atoms with Gasteiger partial charge in [0.15, 0.2) is 11.4 Å². The van der Waals surface area contributed by atoms with Crippen molar-refractivity contribution in [2.75, 3.05) is 6.61 Å². The Morgan fingerprint density at radius 2 is 1.68 bits per heavy atom. The molecular formula is C27H32O4. The quantitative estimate of drug-likeness (QED) is 0.553. The number of benzene rings is 2. The van der Waals surface area contributed by atoms with Gasteiger partial charge in [-0.1, -0.05) is 48.0 Å². The van der Waals surface area contributed by atoms with E-state index in [2.05, 4.69) is 45.0 Å². The number of rotatable bonds is 6. The maximum absolute atomic E-state index is 13.1. The average molecular weight is 421 g/mol. The van der Waals surface area contributed by atoms with Crippen LogP contribution in [0.3, 0.4) is 0 Å². The molecule has 0 unspecified atom stereocenters. The SMILES string of the molecule is CCOC1=C(c2c(C)cc(C)cc2C)C(=O)O[C@]12CC[C@@H](OCc1ccccc1)CC2. The summed E-state index contributed by atoms with van der Waals surface area (Å²) in [6, 6.07) is 14.5. The van der Waals surface area contributed by atoms with Crippen molar-refractivity contribution in [3.8, 4) is 0 Å². The van der Waals surface area contributed by atoms with Crippen LogP contribution in [0.15, 0.2) is 48.2 Å². The van der Waals surface area contributed by atoms with Gasteiger partial charge < -0.3 is 14.2 Å². The van der Waals surface area contributed by atoms with Gasteiger partial charge >= 0.3 is 5.97 Å². The minimum atomic E-state index is -0.668. The lowest BCUT2D eigenvalue weighted by Gasteiger charge is -2.37. The van der Waals surface area contributed by atoms with Crippen molar-refractivity contribution in [2.24, 2.45) is 0 Å². The Balaban J connectivity index is 1.57. The largest absolute Gasteiger partial charge is 0.493 e. The van der Waals surface area contributed by atoms with Crippen LogP contribution >= 0.6 is 0 Å². The van der Waals surface area contributed by atoms with Crippen LogP contribution in [-0.4, -0.2) is 24.3 Å². The van der Waals surface area contributed by atoms with Crippen molar-refractivity contribution in [1.29, 1.82) is 0 Å². The molecule has 4 rings (SSSR count). The monoisotopic (exact) mass is 420 g/mol. The maximum Gasteiger partial charge on any atom is 0.343 e. The van der Waals surface area contributed by atoms with Gasteiger partial charge in [-0.05, 0) is 75.6 Å². The first kappa shape index (κ1) is 21.6. The van der Waals surface area contributed by atoms with Crippen molar-refractivity contribution >= 4 is 11.5 Å². The zero-order chi connectivity index (χ0) is 22.0. The van der Waals surface area contributed by atoms with Crippen molar-refractivity contribution in [1.82, 2.24) is 0 Å². The first-order valence-corrected chi connectivity index (χ1v) is 11.3. The van der Waals surface area contributed by atoms with Crippen LogP contribution < -0.4 is 0 Å². The number of aryl methyl sites for hydroxylation is 3. The third-order valence-electron chi connectivity index (χ3n) is 6.42. The minimum absolute atomic E-state index is 0.166. The first-order valence-electron chi connectivity index (χ1n) is 11.3. The molecule has 1 aliphatic heterocycles. The highest BCUT2D eigenvalue weighted by Gasteiger charge is 2.52. The van der Waals surface area contributed by atoms with E-state index < -0.39 is 5.60 Å². The second-order valence-electron chi connectivity index (χ2n) is 8.79. The topological polar surface area (TPSA) is 44.8 Å². The van der Waals surface area contributed by atoms with Gasteiger partial charge in [0, 0.05) is 0 Å². The average Bonchev–Trinajstić information content (AvgIpc) is 2.99. The molecule has 1 fully saturated rings. The number of carbonyl (C=O) groups is 1. The van der Waals surface area contributed by atoms with Crippen LogP contribution in [-0.2, 0) is 25.6 Å². The summed E-state index contributed by atoms with van der Waals surface area (Å²) in [6.45, 7) is 9.27. The van der Waals surface area contributed by atoms with Crippen LogP contribution in [0.1, 0.15) is 60.4 Å². The predicted molar refractivity (Wildman–Crippen MR) is 122 cm³/mol. The highest BCUT2D eigenvalue weighted by molar-refractivity contribution is 6.20. The third kappa shape index (κ3) is 4.27. The van der Waals surface area contributed by atoms with Crippen molar-refractivity contribution in [3.63, 3.8) is 0 Å². The molecule has 1 heterocycles. The Morgan fingerprint density at radius 3 is 2.29 bits per heavy atom. The second-order valence-corrected chi connectivity index (χ2v) is 8.79. The fraction of sp³-hybridized carbons (Fsp3) is 0.444. The van der Waals surface area contributed by atoms with E-state index in [9.17, 15) is 4.79 Å². The van der Waals surface area contributed by atoms with Gasteiger partial charge in [-0.15, -0.1) is 0 Å². The minimum Gasteiger partial charge on any atom is -0.493 e. The Hall–Kier alpha value is -2.59. The lowest BCUT2D eigenvalue weighted by molar-refractivity contribution is -0.153. The molecule has 1 aliphatic carbocycles. The van der Waals surface area contributed by atoms with Gasteiger partial charge in [0.1, 0.15) is 5.57 Å². The molecule has 0 bridgehead atoms. The van der Waals surface area contributed by atoms with Gasteiger partial charge in [-0.2, -0.15) is 0 Å². The molecule has 2 aliphatic rings. The Labute approximate surface area is 185 Å². The van der Waals surface area contributed by atoms with E-state index in [1.54, 1.807) is 0 Å². The molecule has 0 atom stereocenters. The molecule has 0 saturated heterocycles. The molecule has 1 spiro atoms. The zero-order valence-electron chi connectivity index (χ0n) is 19.0. The van der Waals surface area contributed by atoms with Gasteiger partial charge in [0.25, 0.3) is 0 Å². The van der Waals surface area contributed by atoms with E-state index in [1.165, 1.54) is 11.1 Å². The summed E-state index contributed by atoms with van der Waals surface area (Å²) >= 11 is 0. The van der Waals surface area contributed by atoms with E-state index in [1.807, 2.05) is 25.1 Å². The van der Waals surface area contributed by atoms with Crippen molar-refractivity contribution < 1.29 is 19.0 Å². The fourth-order valence-electron chi connectivity index (χ4n) is 5.08. The van der Waals surface area contributed by atoms with Gasteiger partial charge in [-0.25, -0.2) is 4.79 Å². The summed E-state index contributed by atoms with van der Waals surface area (Å²) in [7, 11) is 0. The number of hydrogen-bond acceptors (Lipinski definition) is 4. The highest BCUT2D eigenvalue weighted by Crippen LogP contribution is 2.48. The summed E-state index contributed by atoms with van der Waals surface area (Å²) in [5, 5.41) is 0. The lowest BCUT2D eigenvalue weighted by atomic mass is 9.80. The molecule has 0 radical (unpaired) electrons. The number of hydrogen-bond donors (Lipinski definition) is 0. The number of ether oxygens (including phenoxy) is 3. The highest BCUT2D eigenvalue weighted by atomic mass is 16.6. The summed E-state index contributed by atoms with van der Waals surface area (Å²) < 4.78 is 18.4. The molecule has 31 heavy (non-hydrogen) atoms. The van der Waals surface area contributed by atoms with Crippen LogP contribution in [0.5, 0.6) is 0 Å². The Morgan fingerprint density at radius 1 is 1.03 bits per heavy atom. The van der Waals surface area contributed by atoms with Crippen LogP contribution in [0.4, 0.5) is 0 Å². The Bertz CT molecular complexity index is 959. The van der Waals surface area contributed by atoms with Crippen LogP contribution in [0, 0.1) is 20.8 Å². The fourth-order valence-corrected chi connectivity index (χ4v) is 5.08. The van der Waals surface area contributed by atoms with Crippen molar-refractivity contribution in [3.05, 3.63) is 76.0 Å². The summed E-state index contributed by atoms with van der Waals surface area (Å²) in [6.07, 6.45) is 3.30. The normalized spacial score (nSPS) is 23.4. The van der Waals surface area contributed by atoms with Crippen LogP contribution in [0.2, 0.25) is 0 Å². The molecule has 164 valence electrons. The smallest absolute Gasteiger partial charge is 0.343 e. The number of esters is 1. The van der Waals surface area contributed by atoms with E-state index in [0.29, 0.717) is 18.8 Å². The molecule has 0 aromatic heterocycles. The number of carbonyl (C=O) groups excluding carboxylic acids is 1. The zero-order valence-corrected chi connectivity index (χ0v) is 19.0. The van der Waals surface area contributed by atoms with E-state index >= 15 is 0 Å². The molecular weight excluding hydrogens is 388 g/mol. The molecule has 1 saturated carbocycles. The molecule has 4 nitrogen and oxygen atoms in total. The third-order valence-corrected chi connectivity index (χ3v) is 6.42. The summed E-state index contributed by atoms with van der Waals surface area (Å²) in [4.78, 5) is 13.1. The predicted octanol–water partition coefficient (Wildman–Crippen LogP) is 5.81. The van der Waals surface area contributed by atoms with Gasteiger partial charge in [-0.3, -0.25) is 0 Å². The first-order chi connectivity index (χ1) is 14.9.